The molecule has 2 heterocycles. The predicted molar refractivity (Wildman–Crippen MR) is 103 cm³/mol. The lowest BCUT2D eigenvalue weighted by molar-refractivity contribution is 0.356. The summed E-state index contributed by atoms with van der Waals surface area (Å²) in [5.74, 6) is 2.04. The molecule has 0 aliphatic rings. The summed E-state index contributed by atoms with van der Waals surface area (Å²) in [4.78, 5) is 17.3. The van der Waals surface area contributed by atoms with Gasteiger partial charge in [-0.2, -0.15) is 0 Å². The van der Waals surface area contributed by atoms with Crippen molar-refractivity contribution in [2.24, 2.45) is 0 Å². The van der Waals surface area contributed by atoms with E-state index in [0.717, 1.165) is 38.6 Å². The molecule has 132 valence electrons. The molecule has 0 radical (unpaired) electrons. The van der Waals surface area contributed by atoms with Gasteiger partial charge < -0.3 is 14.5 Å². The van der Waals surface area contributed by atoms with Crippen LogP contribution in [0.5, 0.6) is 11.5 Å². The topological polar surface area (TPSA) is 72.9 Å². The summed E-state index contributed by atoms with van der Waals surface area (Å²) in [6, 6.07) is 11.7. The van der Waals surface area contributed by atoms with Crippen molar-refractivity contribution >= 4 is 33.8 Å². The Balaban J connectivity index is 1.60. The van der Waals surface area contributed by atoms with Gasteiger partial charge in [0.05, 0.1) is 47.7 Å². The van der Waals surface area contributed by atoms with E-state index in [4.69, 9.17) is 14.5 Å². The average Bonchev–Trinajstić information content (AvgIpc) is 3.06. The van der Waals surface area contributed by atoms with E-state index >= 15 is 0 Å². The van der Waals surface area contributed by atoms with Gasteiger partial charge in [-0.05, 0) is 19.1 Å². The maximum absolute atomic E-state index is 5.34. The van der Waals surface area contributed by atoms with Gasteiger partial charge in [0, 0.05) is 17.9 Å². The zero-order valence-corrected chi connectivity index (χ0v) is 15.6. The number of benzene rings is 2. The van der Waals surface area contributed by atoms with Gasteiger partial charge in [-0.25, -0.2) is 15.0 Å². The van der Waals surface area contributed by atoms with E-state index < -0.39 is 0 Å². The number of aromatic nitrogens is 4. The molecule has 2 aromatic carbocycles. The van der Waals surface area contributed by atoms with Gasteiger partial charge in [0.1, 0.15) is 0 Å². The number of nitrogens with one attached hydrogen (secondary N) is 1. The Morgan fingerprint density at radius 1 is 0.923 bits per heavy atom. The summed E-state index contributed by atoms with van der Waals surface area (Å²) in [6.45, 7) is 1.99. The first-order valence-electron chi connectivity index (χ1n) is 8.14. The Morgan fingerprint density at radius 3 is 2.35 bits per heavy atom. The summed E-state index contributed by atoms with van der Waals surface area (Å²) < 4.78 is 10.7. The van der Waals surface area contributed by atoms with Crippen LogP contribution >= 0.6 is 11.8 Å². The second-order valence-corrected chi connectivity index (χ2v) is 6.76. The quantitative estimate of drug-likeness (QED) is 0.536. The van der Waals surface area contributed by atoms with Crippen LogP contribution in [0.25, 0.3) is 22.1 Å². The van der Waals surface area contributed by atoms with Gasteiger partial charge in [-0.3, -0.25) is 0 Å². The number of H-pyrrole nitrogens is 1. The number of hydrogen-bond donors (Lipinski definition) is 1. The molecule has 0 spiro atoms. The average molecular weight is 366 g/mol. The molecule has 4 aromatic rings. The third-order valence-corrected chi connectivity index (χ3v) is 5.04. The van der Waals surface area contributed by atoms with Crippen molar-refractivity contribution in [3.8, 4) is 11.5 Å². The number of methoxy groups -OCH3 is 2. The molecule has 2 aromatic heterocycles. The molecular weight excluding hydrogens is 348 g/mol. The normalized spacial score (nSPS) is 11.2. The van der Waals surface area contributed by atoms with Gasteiger partial charge in [0.25, 0.3) is 0 Å². The molecule has 6 nitrogen and oxygen atoms in total. The highest BCUT2D eigenvalue weighted by Crippen LogP contribution is 2.33. The summed E-state index contributed by atoms with van der Waals surface area (Å²) in [6.07, 6.45) is 0. The second kappa shape index (κ2) is 6.84. The number of aromatic amines is 1. The molecule has 0 aliphatic heterocycles. The van der Waals surface area contributed by atoms with E-state index in [0.29, 0.717) is 17.3 Å². The molecule has 0 atom stereocenters. The summed E-state index contributed by atoms with van der Waals surface area (Å²) in [5, 5.41) is 0.824. The number of aryl methyl sites for hydroxylation is 1. The fourth-order valence-electron chi connectivity index (χ4n) is 2.78. The molecule has 0 aliphatic carbocycles. The van der Waals surface area contributed by atoms with E-state index in [1.165, 1.54) is 0 Å². The van der Waals surface area contributed by atoms with Crippen LogP contribution in [0.3, 0.4) is 0 Å². The predicted octanol–water partition coefficient (Wildman–Crippen LogP) is 4.12. The van der Waals surface area contributed by atoms with Crippen LogP contribution in [0.1, 0.15) is 11.4 Å². The molecule has 26 heavy (non-hydrogen) atoms. The SMILES string of the molecule is COc1cc2nc(SCc3nc4ccccc4nc3C)[nH]c2cc1OC. The fourth-order valence-corrected chi connectivity index (χ4v) is 3.67. The third kappa shape index (κ3) is 3.06. The monoisotopic (exact) mass is 366 g/mol. The molecule has 0 unspecified atom stereocenters. The van der Waals surface area contributed by atoms with Crippen molar-refractivity contribution in [1.29, 1.82) is 0 Å². The molecule has 0 fully saturated rings. The molecule has 0 amide bonds. The number of imidazole rings is 1. The van der Waals surface area contributed by atoms with Gasteiger partial charge in [-0.1, -0.05) is 23.9 Å². The molecule has 4 rings (SSSR count). The molecule has 1 N–H and O–H groups in total. The molecular formula is C19H18N4O2S. The Hall–Kier alpha value is -2.80. The number of hydrogen-bond acceptors (Lipinski definition) is 6. The minimum Gasteiger partial charge on any atom is -0.493 e. The van der Waals surface area contributed by atoms with Crippen molar-refractivity contribution in [3.05, 3.63) is 47.8 Å². The zero-order valence-electron chi connectivity index (χ0n) is 14.7. The Bertz CT molecular complexity index is 1050. The Labute approximate surface area is 155 Å². The first-order chi connectivity index (χ1) is 12.7. The van der Waals surface area contributed by atoms with Crippen molar-refractivity contribution < 1.29 is 9.47 Å². The van der Waals surface area contributed by atoms with Gasteiger partial charge in [0.15, 0.2) is 16.7 Å². The molecule has 0 bridgehead atoms. The largest absolute Gasteiger partial charge is 0.493 e. The molecule has 0 saturated carbocycles. The van der Waals surface area contributed by atoms with Crippen LogP contribution in [-0.4, -0.2) is 34.2 Å². The summed E-state index contributed by atoms with van der Waals surface area (Å²) in [5.41, 5.74) is 5.48. The van der Waals surface area contributed by atoms with Crippen molar-refractivity contribution in [2.45, 2.75) is 17.8 Å². The Morgan fingerprint density at radius 2 is 1.62 bits per heavy atom. The van der Waals surface area contributed by atoms with Gasteiger partial charge in [-0.15, -0.1) is 0 Å². The van der Waals surface area contributed by atoms with Crippen LogP contribution in [0.15, 0.2) is 41.6 Å². The second-order valence-electron chi connectivity index (χ2n) is 5.80. The maximum Gasteiger partial charge on any atom is 0.166 e. The minimum atomic E-state index is 0.666. The molecule has 0 saturated heterocycles. The number of thioether (sulfide) groups is 1. The standard InChI is InChI=1S/C19H18N4O2S/c1-11-16(21-13-7-5-4-6-12(13)20-11)10-26-19-22-14-8-17(24-2)18(25-3)9-15(14)23-19/h4-9H,10H2,1-3H3,(H,22,23). The zero-order chi connectivity index (χ0) is 18.1. The van der Waals surface area contributed by atoms with Gasteiger partial charge >= 0.3 is 0 Å². The lowest BCUT2D eigenvalue weighted by Crippen LogP contribution is -1.97. The van der Waals surface area contributed by atoms with E-state index in [2.05, 4.69) is 15.0 Å². The van der Waals surface area contributed by atoms with E-state index in [9.17, 15) is 0 Å². The van der Waals surface area contributed by atoms with Crippen LogP contribution < -0.4 is 9.47 Å². The van der Waals surface area contributed by atoms with Crippen molar-refractivity contribution in [1.82, 2.24) is 19.9 Å². The first kappa shape index (κ1) is 16.7. The summed E-state index contributed by atoms with van der Waals surface area (Å²) in [7, 11) is 3.24. The highest BCUT2D eigenvalue weighted by atomic mass is 32.2. The van der Waals surface area contributed by atoms with Gasteiger partial charge in [0.2, 0.25) is 0 Å². The van der Waals surface area contributed by atoms with E-state index in [1.54, 1.807) is 26.0 Å². The highest BCUT2D eigenvalue weighted by Gasteiger charge is 2.12. The third-order valence-electron chi connectivity index (χ3n) is 4.15. The van der Waals surface area contributed by atoms with E-state index in [-0.39, 0.29) is 0 Å². The molecule has 7 heteroatoms. The van der Waals surface area contributed by atoms with E-state index in [1.807, 2.05) is 43.3 Å². The lowest BCUT2D eigenvalue weighted by atomic mass is 10.2. The number of nitrogens with zero attached hydrogens (tertiary/aromatic N) is 3. The fraction of sp³-hybridized carbons (Fsp3) is 0.211. The van der Waals surface area contributed by atoms with Crippen molar-refractivity contribution in [3.63, 3.8) is 0 Å². The van der Waals surface area contributed by atoms with Crippen LogP contribution in [-0.2, 0) is 5.75 Å². The Kier molecular flexibility index (Phi) is 4.38. The smallest absolute Gasteiger partial charge is 0.166 e. The van der Waals surface area contributed by atoms with Crippen LogP contribution in [0.4, 0.5) is 0 Å². The van der Waals surface area contributed by atoms with Crippen LogP contribution in [0.2, 0.25) is 0 Å². The number of fused-ring (bicyclic) bond motifs is 2. The lowest BCUT2D eigenvalue weighted by Gasteiger charge is -2.06. The highest BCUT2D eigenvalue weighted by molar-refractivity contribution is 7.98. The first-order valence-corrected chi connectivity index (χ1v) is 9.13. The number of ether oxygens (including phenoxy) is 2. The van der Waals surface area contributed by atoms with Crippen LogP contribution in [0, 0.1) is 6.92 Å². The minimum absolute atomic E-state index is 0.666. The van der Waals surface area contributed by atoms with Crippen molar-refractivity contribution in [2.75, 3.05) is 14.2 Å². The number of para-hydroxylation sites is 2. The number of rotatable bonds is 5. The summed E-state index contributed by atoms with van der Waals surface area (Å²) >= 11 is 1.60. The maximum atomic E-state index is 5.34.